The molecule has 2 rings (SSSR count). The van der Waals surface area contributed by atoms with Gasteiger partial charge in [0.2, 0.25) is 0 Å². The molecule has 6 heteroatoms. The zero-order valence-electron chi connectivity index (χ0n) is 10.6. The molecule has 0 amide bonds. The van der Waals surface area contributed by atoms with E-state index in [1.54, 1.807) is 30.5 Å². The second-order valence-corrected chi connectivity index (χ2v) is 4.78. The number of rotatable bonds is 4. The van der Waals surface area contributed by atoms with Gasteiger partial charge in [0.15, 0.2) is 11.5 Å². The van der Waals surface area contributed by atoms with E-state index in [4.69, 9.17) is 4.74 Å². The van der Waals surface area contributed by atoms with E-state index >= 15 is 0 Å². The summed E-state index contributed by atoms with van der Waals surface area (Å²) in [6, 6.07) is 9.21. The molecule has 0 aromatic heterocycles. The van der Waals surface area contributed by atoms with Gasteiger partial charge in [-0.25, -0.2) is 4.39 Å². The molecular weight excluding hydrogens is 327 g/mol. The third-order valence-corrected chi connectivity index (χ3v) is 3.13. The summed E-state index contributed by atoms with van der Waals surface area (Å²) < 4.78 is 18.3. The van der Waals surface area contributed by atoms with E-state index in [2.05, 4.69) is 26.5 Å². The lowest BCUT2D eigenvalue weighted by atomic mass is 10.2. The van der Waals surface area contributed by atoms with Crippen LogP contribution in [0.15, 0.2) is 46.0 Å². The van der Waals surface area contributed by atoms with E-state index < -0.39 is 0 Å². The second-order valence-electron chi connectivity index (χ2n) is 3.93. The van der Waals surface area contributed by atoms with Gasteiger partial charge in [-0.1, -0.05) is 0 Å². The largest absolute Gasteiger partial charge is 0.503 e. The van der Waals surface area contributed by atoms with Gasteiger partial charge >= 0.3 is 0 Å². The molecule has 104 valence electrons. The number of nitrogens with zero attached hydrogens (tertiary/aromatic N) is 1. The third kappa shape index (κ3) is 3.48. The fourth-order valence-corrected chi connectivity index (χ4v) is 1.99. The predicted molar refractivity (Wildman–Crippen MR) is 80.0 cm³/mol. The monoisotopic (exact) mass is 338 g/mol. The average Bonchev–Trinajstić information content (AvgIpc) is 2.44. The third-order valence-electron chi connectivity index (χ3n) is 2.52. The van der Waals surface area contributed by atoms with Crippen molar-refractivity contribution in [3.05, 3.63) is 52.3 Å². The maximum absolute atomic E-state index is 12.7. The molecule has 20 heavy (non-hydrogen) atoms. The summed E-state index contributed by atoms with van der Waals surface area (Å²) >= 11 is 3.23. The second kappa shape index (κ2) is 6.38. The van der Waals surface area contributed by atoms with Crippen LogP contribution in [-0.2, 0) is 0 Å². The summed E-state index contributed by atoms with van der Waals surface area (Å²) in [5, 5.41) is 13.7. The van der Waals surface area contributed by atoms with Gasteiger partial charge in [0.25, 0.3) is 0 Å². The summed E-state index contributed by atoms with van der Waals surface area (Å²) in [6.07, 6.45) is 1.57. The number of hydrogen-bond acceptors (Lipinski definition) is 4. The Labute approximate surface area is 124 Å². The quantitative estimate of drug-likeness (QED) is 0.659. The van der Waals surface area contributed by atoms with Crippen molar-refractivity contribution in [2.75, 3.05) is 12.5 Å². The molecule has 2 N–H and O–H groups in total. The maximum Gasteiger partial charge on any atom is 0.172 e. The van der Waals surface area contributed by atoms with Gasteiger partial charge in [0, 0.05) is 0 Å². The molecule has 0 heterocycles. The lowest BCUT2D eigenvalue weighted by Crippen LogP contribution is -1.92. The smallest absolute Gasteiger partial charge is 0.172 e. The highest BCUT2D eigenvalue weighted by molar-refractivity contribution is 9.10. The fourth-order valence-electron chi connectivity index (χ4n) is 1.53. The van der Waals surface area contributed by atoms with Crippen LogP contribution in [0.4, 0.5) is 10.1 Å². The SMILES string of the molecule is COc1cc(/C=N/Nc2ccc(F)cc2)cc(Br)c1O. The number of methoxy groups -OCH3 is 1. The Kier molecular flexibility index (Phi) is 4.57. The number of phenols is 1. The van der Waals surface area contributed by atoms with Gasteiger partial charge in [-0.2, -0.15) is 5.10 Å². The van der Waals surface area contributed by atoms with E-state index in [0.717, 1.165) is 5.56 Å². The van der Waals surface area contributed by atoms with E-state index in [1.165, 1.54) is 19.2 Å². The highest BCUT2D eigenvalue weighted by Crippen LogP contribution is 2.34. The summed E-state index contributed by atoms with van der Waals surface area (Å²) in [7, 11) is 1.47. The number of phenolic OH excluding ortho intramolecular Hbond substituents is 1. The van der Waals surface area contributed by atoms with Gasteiger partial charge in [0.05, 0.1) is 23.5 Å². The number of halogens is 2. The van der Waals surface area contributed by atoms with Crippen molar-refractivity contribution in [3.63, 3.8) is 0 Å². The van der Waals surface area contributed by atoms with Crippen molar-refractivity contribution in [1.82, 2.24) is 0 Å². The van der Waals surface area contributed by atoms with E-state index in [1.807, 2.05) is 0 Å². The van der Waals surface area contributed by atoms with Gasteiger partial charge in [-0.15, -0.1) is 0 Å². The van der Waals surface area contributed by atoms with Crippen molar-refractivity contribution in [1.29, 1.82) is 0 Å². The molecule has 2 aromatic carbocycles. The number of hydrogen-bond donors (Lipinski definition) is 2. The lowest BCUT2D eigenvalue weighted by Gasteiger charge is -2.06. The molecule has 0 unspecified atom stereocenters. The Morgan fingerprint density at radius 3 is 2.65 bits per heavy atom. The van der Waals surface area contributed by atoms with Crippen LogP contribution in [-0.4, -0.2) is 18.4 Å². The van der Waals surface area contributed by atoms with Crippen molar-refractivity contribution in [2.24, 2.45) is 5.10 Å². The van der Waals surface area contributed by atoms with E-state index in [-0.39, 0.29) is 11.6 Å². The van der Waals surface area contributed by atoms with Crippen molar-refractivity contribution >= 4 is 27.8 Å². The normalized spacial score (nSPS) is 10.8. The molecule has 0 spiro atoms. The minimum Gasteiger partial charge on any atom is -0.503 e. The zero-order valence-corrected chi connectivity index (χ0v) is 12.2. The number of ether oxygens (including phenoxy) is 1. The van der Waals surface area contributed by atoms with Gasteiger partial charge < -0.3 is 9.84 Å². The highest BCUT2D eigenvalue weighted by atomic mass is 79.9. The first-order chi connectivity index (χ1) is 9.60. The molecule has 0 radical (unpaired) electrons. The fraction of sp³-hybridized carbons (Fsp3) is 0.0714. The molecular formula is C14H12BrFN2O2. The number of anilines is 1. The first kappa shape index (κ1) is 14.3. The minimum atomic E-state index is -0.299. The molecule has 0 aliphatic carbocycles. The van der Waals surface area contributed by atoms with Crippen LogP contribution in [0.5, 0.6) is 11.5 Å². The number of benzene rings is 2. The Balaban J connectivity index is 2.11. The van der Waals surface area contributed by atoms with Crippen LogP contribution >= 0.6 is 15.9 Å². The molecule has 0 saturated carbocycles. The number of hydrazone groups is 1. The molecule has 4 nitrogen and oxygen atoms in total. The van der Waals surface area contributed by atoms with Crippen molar-refractivity contribution < 1.29 is 14.2 Å². The molecule has 2 aromatic rings. The van der Waals surface area contributed by atoms with E-state index in [9.17, 15) is 9.50 Å². The first-order valence-corrected chi connectivity index (χ1v) is 6.50. The van der Waals surface area contributed by atoms with Crippen LogP contribution in [0.1, 0.15) is 5.56 Å². The Morgan fingerprint density at radius 1 is 1.30 bits per heavy atom. The average molecular weight is 339 g/mol. The van der Waals surface area contributed by atoms with Crippen LogP contribution in [0.25, 0.3) is 0 Å². The Hall–Kier alpha value is -2.08. The highest BCUT2D eigenvalue weighted by Gasteiger charge is 2.07. The Bertz CT molecular complexity index is 630. The predicted octanol–water partition coefficient (Wildman–Crippen LogP) is 3.75. The van der Waals surface area contributed by atoms with Crippen LogP contribution < -0.4 is 10.2 Å². The van der Waals surface area contributed by atoms with Crippen molar-refractivity contribution in [2.45, 2.75) is 0 Å². The van der Waals surface area contributed by atoms with Gasteiger partial charge in [-0.05, 0) is 57.9 Å². The molecule has 0 atom stereocenters. The first-order valence-electron chi connectivity index (χ1n) is 5.71. The van der Waals surface area contributed by atoms with Crippen LogP contribution in [0, 0.1) is 5.82 Å². The van der Waals surface area contributed by atoms with E-state index in [0.29, 0.717) is 15.9 Å². The summed E-state index contributed by atoms with van der Waals surface area (Å²) in [5.74, 6) is 0.0884. The standard InChI is InChI=1S/C14H12BrFN2O2/c1-20-13-7-9(6-12(15)14(13)19)8-17-18-11-4-2-10(16)3-5-11/h2-8,18-19H,1H3/b17-8+. The summed E-state index contributed by atoms with van der Waals surface area (Å²) in [4.78, 5) is 0. The van der Waals surface area contributed by atoms with Crippen LogP contribution in [0.3, 0.4) is 0 Å². The Morgan fingerprint density at radius 2 is 2.00 bits per heavy atom. The number of nitrogens with one attached hydrogen (secondary N) is 1. The maximum atomic E-state index is 12.7. The zero-order chi connectivity index (χ0) is 14.5. The molecule has 0 fully saturated rings. The topological polar surface area (TPSA) is 53.8 Å². The summed E-state index contributed by atoms with van der Waals surface area (Å²) in [5.41, 5.74) is 4.19. The molecule has 0 aliphatic rings. The minimum absolute atomic E-state index is 0.0381. The lowest BCUT2D eigenvalue weighted by molar-refractivity contribution is 0.372. The molecule has 0 bridgehead atoms. The van der Waals surface area contributed by atoms with Crippen molar-refractivity contribution in [3.8, 4) is 11.5 Å². The van der Waals surface area contributed by atoms with Gasteiger partial charge in [0.1, 0.15) is 5.82 Å². The molecule has 0 aliphatic heterocycles. The van der Waals surface area contributed by atoms with Gasteiger partial charge in [-0.3, -0.25) is 5.43 Å². The molecule has 0 saturated heterocycles. The number of aromatic hydroxyl groups is 1. The van der Waals surface area contributed by atoms with Crippen LogP contribution in [0.2, 0.25) is 0 Å². The summed E-state index contributed by atoms with van der Waals surface area (Å²) in [6.45, 7) is 0.